The zero-order valence-corrected chi connectivity index (χ0v) is 20.3. The van der Waals surface area contributed by atoms with Crippen LogP contribution in [0.4, 0.5) is 0 Å². The van der Waals surface area contributed by atoms with E-state index in [0.717, 1.165) is 6.42 Å². The molecule has 0 bridgehead atoms. The van der Waals surface area contributed by atoms with Gasteiger partial charge in [-0.2, -0.15) is 0 Å². The van der Waals surface area contributed by atoms with Gasteiger partial charge in [-0.05, 0) is 53.1 Å². The molecule has 0 spiro atoms. The van der Waals surface area contributed by atoms with E-state index >= 15 is 0 Å². The Morgan fingerprint density at radius 3 is 2.16 bits per heavy atom. The Kier molecular flexibility index (Phi) is 4.82. The van der Waals surface area contributed by atoms with Crippen molar-refractivity contribution < 1.29 is 0 Å². The second kappa shape index (κ2) is 7.72. The molecule has 6 aromatic rings. The summed E-state index contributed by atoms with van der Waals surface area (Å²) in [6.07, 6.45) is 1.06. The third kappa shape index (κ3) is 3.17. The van der Waals surface area contributed by atoms with Crippen LogP contribution in [0.2, 0.25) is 0 Å². The highest BCUT2D eigenvalue weighted by Gasteiger charge is 2.17. The zero-order valence-electron chi connectivity index (χ0n) is 18.7. The molecule has 0 radical (unpaired) electrons. The van der Waals surface area contributed by atoms with Crippen molar-refractivity contribution in [3.8, 4) is 0 Å². The standard InChI is InChI=1S/C30H26S2/c1-18(2)20-14-15-28-26(17-20)25-11-6-8-21(29(25)31-28)16-19(3)22-10-7-12-24-23-9-4-5-13-27(23)32-30(22)24/h4-15,17-19H,16H2,1-3H3. The van der Waals surface area contributed by atoms with Gasteiger partial charge in [0.25, 0.3) is 0 Å². The summed E-state index contributed by atoms with van der Waals surface area (Å²) in [7, 11) is 0. The van der Waals surface area contributed by atoms with Gasteiger partial charge in [-0.25, -0.2) is 0 Å². The lowest BCUT2D eigenvalue weighted by Crippen LogP contribution is -1.98. The third-order valence-corrected chi connectivity index (χ3v) is 9.26. The van der Waals surface area contributed by atoms with Gasteiger partial charge < -0.3 is 0 Å². The first-order valence-corrected chi connectivity index (χ1v) is 13.1. The van der Waals surface area contributed by atoms with Crippen LogP contribution in [-0.2, 0) is 6.42 Å². The Bertz CT molecular complexity index is 1600. The average Bonchev–Trinajstić information content (AvgIpc) is 3.37. The summed E-state index contributed by atoms with van der Waals surface area (Å²) in [5, 5.41) is 5.61. The van der Waals surface area contributed by atoms with E-state index in [1.807, 2.05) is 22.7 Å². The van der Waals surface area contributed by atoms with Gasteiger partial charge in [0.2, 0.25) is 0 Å². The molecule has 0 amide bonds. The molecule has 1 unspecified atom stereocenters. The molecule has 32 heavy (non-hydrogen) atoms. The zero-order chi connectivity index (χ0) is 21.8. The van der Waals surface area contributed by atoms with Gasteiger partial charge in [-0.1, -0.05) is 81.4 Å². The molecule has 2 aromatic heterocycles. The molecule has 0 aliphatic heterocycles. The van der Waals surface area contributed by atoms with Crippen LogP contribution in [0.1, 0.15) is 49.3 Å². The molecule has 0 nitrogen and oxygen atoms in total. The second-order valence-corrected chi connectivity index (χ2v) is 11.3. The lowest BCUT2D eigenvalue weighted by molar-refractivity contribution is 0.772. The van der Waals surface area contributed by atoms with E-state index in [1.165, 1.54) is 57.0 Å². The normalized spacial score (nSPS) is 13.1. The molecule has 0 N–H and O–H groups in total. The first kappa shape index (κ1) is 20.0. The van der Waals surface area contributed by atoms with E-state index in [1.54, 1.807) is 0 Å². The summed E-state index contributed by atoms with van der Waals surface area (Å²) < 4.78 is 5.69. The number of rotatable bonds is 4. The van der Waals surface area contributed by atoms with Crippen molar-refractivity contribution in [2.75, 3.05) is 0 Å². The molecular formula is C30H26S2. The highest BCUT2D eigenvalue weighted by molar-refractivity contribution is 7.26. The van der Waals surface area contributed by atoms with E-state index < -0.39 is 0 Å². The van der Waals surface area contributed by atoms with Gasteiger partial charge >= 0.3 is 0 Å². The van der Waals surface area contributed by atoms with E-state index in [-0.39, 0.29) is 0 Å². The molecule has 2 heteroatoms. The molecule has 0 saturated heterocycles. The highest BCUT2D eigenvalue weighted by atomic mass is 32.1. The molecule has 1 atom stereocenters. The Hall–Kier alpha value is -2.68. The van der Waals surface area contributed by atoms with Crippen molar-refractivity contribution in [1.82, 2.24) is 0 Å². The Labute approximate surface area is 197 Å². The van der Waals surface area contributed by atoms with E-state index in [4.69, 9.17) is 0 Å². The van der Waals surface area contributed by atoms with Crippen LogP contribution in [0.3, 0.4) is 0 Å². The number of thiophene rings is 2. The summed E-state index contributed by atoms with van der Waals surface area (Å²) >= 11 is 3.90. The van der Waals surface area contributed by atoms with Gasteiger partial charge in [-0.15, -0.1) is 22.7 Å². The maximum Gasteiger partial charge on any atom is 0.0390 e. The molecule has 0 fully saturated rings. The molecule has 0 aliphatic rings. The van der Waals surface area contributed by atoms with Crippen molar-refractivity contribution in [2.24, 2.45) is 0 Å². The fourth-order valence-corrected chi connectivity index (χ4v) is 7.53. The van der Waals surface area contributed by atoms with Crippen LogP contribution in [0.5, 0.6) is 0 Å². The van der Waals surface area contributed by atoms with Gasteiger partial charge in [0.1, 0.15) is 0 Å². The number of fused-ring (bicyclic) bond motifs is 6. The van der Waals surface area contributed by atoms with Crippen molar-refractivity contribution >= 4 is 63.0 Å². The van der Waals surface area contributed by atoms with Gasteiger partial charge in [-0.3, -0.25) is 0 Å². The molecule has 0 saturated carbocycles. The van der Waals surface area contributed by atoms with E-state index in [2.05, 4.69) is 99.6 Å². The topological polar surface area (TPSA) is 0 Å². The minimum absolute atomic E-state index is 0.466. The van der Waals surface area contributed by atoms with Crippen LogP contribution in [0.15, 0.2) is 78.9 Å². The van der Waals surface area contributed by atoms with E-state index in [0.29, 0.717) is 11.8 Å². The van der Waals surface area contributed by atoms with Crippen LogP contribution < -0.4 is 0 Å². The van der Waals surface area contributed by atoms with Gasteiger partial charge in [0.15, 0.2) is 0 Å². The summed E-state index contributed by atoms with van der Waals surface area (Å²) in [5.41, 5.74) is 4.37. The van der Waals surface area contributed by atoms with Crippen molar-refractivity contribution in [3.63, 3.8) is 0 Å². The smallest absolute Gasteiger partial charge is 0.0390 e. The van der Waals surface area contributed by atoms with Gasteiger partial charge in [0, 0.05) is 40.3 Å². The van der Waals surface area contributed by atoms with Crippen molar-refractivity contribution in [1.29, 1.82) is 0 Å². The SMILES string of the molecule is CC(C)c1ccc2sc3c(CC(C)c4cccc5c4sc4ccccc45)cccc3c2c1. The first-order valence-electron chi connectivity index (χ1n) is 11.4. The molecule has 0 aliphatic carbocycles. The average molecular weight is 451 g/mol. The first-order chi connectivity index (χ1) is 15.6. The van der Waals surface area contributed by atoms with Crippen LogP contribution in [0.25, 0.3) is 40.3 Å². The molecule has 2 heterocycles. The maximum atomic E-state index is 2.41. The molecular weight excluding hydrogens is 424 g/mol. The predicted molar refractivity (Wildman–Crippen MR) is 145 cm³/mol. The maximum absolute atomic E-state index is 2.41. The fraction of sp³-hybridized carbons (Fsp3) is 0.200. The number of hydrogen-bond donors (Lipinski definition) is 0. The summed E-state index contributed by atoms with van der Waals surface area (Å²) in [4.78, 5) is 0. The molecule has 6 rings (SSSR count). The summed E-state index contributed by atoms with van der Waals surface area (Å²) in [5.74, 6) is 1.02. The minimum Gasteiger partial charge on any atom is -0.135 e. The Morgan fingerprint density at radius 2 is 1.31 bits per heavy atom. The van der Waals surface area contributed by atoms with Crippen LogP contribution in [0, 0.1) is 0 Å². The van der Waals surface area contributed by atoms with Crippen LogP contribution in [-0.4, -0.2) is 0 Å². The fourth-order valence-electron chi connectivity index (χ4n) is 4.99. The van der Waals surface area contributed by atoms with Crippen molar-refractivity contribution in [3.05, 3.63) is 95.6 Å². The quantitative estimate of drug-likeness (QED) is 0.251. The van der Waals surface area contributed by atoms with Crippen molar-refractivity contribution in [2.45, 2.75) is 39.0 Å². The Balaban J connectivity index is 1.44. The lowest BCUT2D eigenvalue weighted by Gasteiger charge is -2.14. The predicted octanol–water partition coefficient (Wildman–Crippen LogP) is 9.89. The van der Waals surface area contributed by atoms with Crippen LogP contribution >= 0.6 is 22.7 Å². The third-order valence-electron chi connectivity index (χ3n) is 6.76. The largest absolute Gasteiger partial charge is 0.135 e. The summed E-state index contributed by atoms with van der Waals surface area (Å²) in [6.45, 7) is 6.94. The van der Waals surface area contributed by atoms with Gasteiger partial charge in [0.05, 0.1) is 0 Å². The lowest BCUT2D eigenvalue weighted by atomic mass is 9.92. The number of benzene rings is 4. The minimum atomic E-state index is 0.466. The van der Waals surface area contributed by atoms with E-state index in [9.17, 15) is 0 Å². The summed E-state index contributed by atoms with van der Waals surface area (Å²) in [6, 6.07) is 29.6. The number of hydrogen-bond acceptors (Lipinski definition) is 2. The Morgan fingerprint density at radius 1 is 0.625 bits per heavy atom. The highest BCUT2D eigenvalue weighted by Crippen LogP contribution is 2.41. The second-order valence-electron chi connectivity index (χ2n) is 9.23. The molecule has 4 aromatic carbocycles. The monoisotopic (exact) mass is 450 g/mol. The molecule has 158 valence electrons.